The van der Waals surface area contributed by atoms with Gasteiger partial charge >= 0.3 is 0 Å². The maximum atomic E-state index is 4.43. The molecular weight excluding hydrogens is 258 g/mol. The summed E-state index contributed by atoms with van der Waals surface area (Å²) in [6.07, 6.45) is 4.78. The lowest BCUT2D eigenvalue weighted by atomic mass is 10.1. The van der Waals surface area contributed by atoms with Crippen LogP contribution in [0.15, 0.2) is 73.1 Å². The van der Waals surface area contributed by atoms with Gasteiger partial charge in [-0.15, -0.1) is 0 Å². The lowest BCUT2D eigenvalue weighted by Crippen LogP contribution is -2.20. The molecule has 2 aromatic carbocycles. The zero-order valence-electron chi connectivity index (χ0n) is 12.1. The fourth-order valence-corrected chi connectivity index (χ4v) is 2.45. The summed E-state index contributed by atoms with van der Waals surface area (Å²) < 4.78 is 2.07. The normalized spacial score (nSPS) is 12.0. The topological polar surface area (TPSA) is 29.9 Å². The van der Waals surface area contributed by atoms with Gasteiger partial charge in [-0.25, -0.2) is 4.98 Å². The summed E-state index contributed by atoms with van der Waals surface area (Å²) in [6, 6.07) is 21.1. The SMILES string of the molecule is CC(Cc1ccccc1)Nc1nccn1-c1ccccc1. The van der Waals surface area contributed by atoms with Crippen molar-refractivity contribution in [3.05, 3.63) is 78.6 Å². The van der Waals surface area contributed by atoms with Gasteiger partial charge in [-0.3, -0.25) is 4.57 Å². The summed E-state index contributed by atoms with van der Waals surface area (Å²) >= 11 is 0. The molecule has 1 atom stereocenters. The van der Waals surface area contributed by atoms with Crippen molar-refractivity contribution in [1.82, 2.24) is 9.55 Å². The maximum Gasteiger partial charge on any atom is 0.207 e. The van der Waals surface area contributed by atoms with E-state index >= 15 is 0 Å². The number of hydrogen-bond donors (Lipinski definition) is 1. The molecule has 1 aromatic heterocycles. The molecular formula is C18H19N3. The Balaban J connectivity index is 1.73. The minimum Gasteiger partial charge on any atom is -0.353 e. The van der Waals surface area contributed by atoms with Crippen molar-refractivity contribution in [2.75, 3.05) is 5.32 Å². The molecule has 0 spiro atoms. The Hall–Kier alpha value is -2.55. The second-order valence-corrected chi connectivity index (χ2v) is 5.19. The Bertz CT molecular complexity index is 674. The van der Waals surface area contributed by atoms with Gasteiger partial charge in [0.05, 0.1) is 0 Å². The van der Waals surface area contributed by atoms with E-state index in [1.54, 1.807) is 0 Å². The minimum absolute atomic E-state index is 0.317. The Morgan fingerprint density at radius 1 is 1.00 bits per heavy atom. The van der Waals surface area contributed by atoms with Crippen LogP contribution in [0.3, 0.4) is 0 Å². The largest absolute Gasteiger partial charge is 0.353 e. The van der Waals surface area contributed by atoms with Gasteiger partial charge in [-0.1, -0.05) is 48.5 Å². The number of nitrogens with one attached hydrogen (secondary N) is 1. The third-order valence-electron chi connectivity index (χ3n) is 3.44. The van der Waals surface area contributed by atoms with Crippen LogP contribution < -0.4 is 5.32 Å². The van der Waals surface area contributed by atoms with Crippen LogP contribution in [0.25, 0.3) is 5.69 Å². The Kier molecular flexibility index (Phi) is 4.01. The van der Waals surface area contributed by atoms with Gasteiger partial charge < -0.3 is 5.32 Å². The fraction of sp³-hybridized carbons (Fsp3) is 0.167. The molecule has 3 rings (SSSR count). The first kappa shape index (κ1) is 13.4. The van der Waals surface area contributed by atoms with Crippen molar-refractivity contribution in [3.8, 4) is 5.69 Å². The Labute approximate surface area is 125 Å². The van der Waals surface area contributed by atoms with Crippen LogP contribution in [0.2, 0.25) is 0 Å². The van der Waals surface area contributed by atoms with Crippen molar-refractivity contribution < 1.29 is 0 Å². The number of benzene rings is 2. The van der Waals surface area contributed by atoms with E-state index in [0.717, 1.165) is 18.1 Å². The lowest BCUT2D eigenvalue weighted by molar-refractivity contribution is 0.773. The summed E-state index contributed by atoms with van der Waals surface area (Å²) in [6.45, 7) is 2.18. The molecule has 3 nitrogen and oxygen atoms in total. The number of nitrogens with zero attached hydrogens (tertiary/aromatic N) is 2. The van der Waals surface area contributed by atoms with E-state index in [4.69, 9.17) is 0 Å². The molecule has 1 heterocycles. The van der Waals surface area contributed by atoms with Crippen LogP contribution >= 0.6 is 0 Å². The van der Waals surface area contributed by atoms with E-state index in [1.165, 1.54) is 5.56 Å². The quantitative estimate of drug-likeness (QED) is 0.766. The van der Waals surface area contributed by atoms with Gasteiger partial charge in [0.15, 0.2) is 0 Å². The molecule has 106 valence electrons. The molecule has 0 aliphatic carbocycles. The first-order valence-electron chi connectivity index (χ1n) is 7.22. The van der Waals surface area contributed by atoms with Crippen molar-refractivity contribution >= 4 is 5.95 Å². The van der Waals surface area contributed by atoms with Crippen LogP contribution in [-0.2, 0) is 6.42 Å². The molecule has 3 heteroatoms. The molecule has 0 bridgehead atoms. The van der Waals surface area contributed by atoms with Gasteiger partial charge in [-0.05, 0) is 31.0 Å². The molecule has 0 fully saturated rings. The molecule has 0 saturated carbocycles. The van der Waals surface area contributed by atoms with Crippen molar-refractivity contribution in [2.45, 2.75) is 19.4 Å². The van der Waals surface area contributed by atoms with Crippen LogP contribution in [0, 0.1) is 0 Å². The average Bonchev–Trinajstić information content (AvgIpc) is 2.97. The summed E-state index contributed by atoms with van der Waals surface area (Å²) in [4.78, 5) is 4.43. The number of anilines is 1. The van der Waals surface area contributed by atoms with E-state index < -0.39 is 0 Å². The summed E-state index contributed by atoms with van der Waals surface area (Å²) in [5, 5.41) is 3.49. The van der Waals surface area contributed by atoms with Gasteiger partial charge in [0.1, 0.15) is 0 Å². The first-order chi connectivity index (χ1) is 10.3. The molecule has 0 aliphatic heterocycles. The summed E-state index contributed by atoms with van der Waals surface area (Å²) in [7, 11) is 0. The van der Waals surface area contributed by atoms with Crippen LogP contribution in [-0.4, -0.2) is 15.6 Å². The number of hydrogen-bond acceptors (Lipinski definition) is 2. The third kappa shape index (κ3) is 3.31. The first-order valence-corrected chi connectivity index (χ1v) is 7.22. The van der Waals surface area contributed by atoms with E-state index in [0.29, 0.717) is 6.04 Å². The average molecular weight is 277 g/mol. The second-order valence-electron chi connectivity index (χ2n) is 5.19. The van der Waals surface area contributed by atoms with E-state index in [-0.39, 0.29) is 0 Å². The molecule has 1 unspecified atom stereocenters. The number of rotatable bonds is 5. The maximum absolute atomic E-state index is 4.43. The monoisotopic (exact) mass is 277 g/mol. The highest BCUT2D eigenvalue weighted by molar-refractivity contribution is 5.42. The van der Waals surface area contributed by atoms with Gasteiger partial charge in [-0.2, -0.15) is 0 Å². The number of imidazole rings is 1. The van der Waals surface area contributed by atoms with Gasteiger partial charge in [0.25, 0.3) is 0 Å². The molecule has 0 amide bonds. The molecule has 3 aromatic rings. The van der Waals surface area contributed by atoms with E-state index in [1.807, 2.05) is 36.7 Å². The van der Waals surface area contributed by atoms with E-state index in [2.05, 4.69) is 58.2 Å². The zero-order chi connectivity index (χ0) is 14.5. The van der Waals surface area contributed by atoms with Crippen LogP contribution in [0.4, 0.5) is 5.95 Å². The van der Waals surface area contributed by atoms with Crippen LogP contribution in [0.5, 0.6) is 0 Å². The number of aromatic nitrogens is 2. The van der Waals surface area contributed by atoms with Crippen molar-refractivity contribution in [1.29, 1.82) is 0 Å². The highest BCUT2D eigenvalue weighted by Gasteiger charge is 2.08. The molecule has 0 aliphatic rings. The predicted molar refractivity (Wildman–Crippen MR) is 86.8 cm³/mol. The highest BCUT2D eigenvalue weighted by Crippen LogP contribution is 2.15. The highest BCUT2D eigenvalue weighted by atomic mass is 15.2. The van der Waals surface area contributed by atoms with Crippen molar-refractivity contribution in [3.63, 3.8) is 0 Å². The summed E-state index contributed by atoms with van der Waals surface area (Å²) in [5.74, 6) is 0.879. The Morgan fingerprint density at radius 3 is 2.38 bits per heavy atom. The summed E-state index contributed by atoms with van der Waals surface area (Å²) in [5.41, 5.74) is 2.44. The molecule has 0 radical (unpaired) electrons. The molecule has 1 N–H and O–H groups in total. The lowest BCUT2D eigenvalue weighted by Gasteiger charge is -2.16. The third-order valence-corrected chi connectivity index (χ3v) is 3.44. The minimum atomic E-state index is 0.317. The molecule has 0 saturated heterocycles. The number of para-hydroxylation sites is 1. The van der Waals surface area contributed by atoms with Gasteiger partial charge in [0, 0.05) is 24.1 Å². The predicted octanol–water partition coefficient (Wildman–Crippen LogP) is 3.92. The molecule has 21 heavy (non-hydrogen) atoms. The standard InChI is InChI=1S/C18H19N3/c1-15(14-16-8-4-2-5-9-16)20-18-19-12-13-21(18)17-10-6-3-7-11-17/h2-13,15H,14H2,1H3,(H,19,20). The fourth-order valence-electron chi connectivity index (χ4n) is 2.45. The van der Waals surface area contributed by atoms with Crippen molar-refractivity contribution in [2.24, 2.45) is 0 Å². The van der Waals surface area contributed by atoms with Crippen LogP contribution in [0.1, 0.15) is 12.5 Å². The van der Waals surface area contributed by atoms with Gasteiger partial charge in [0.2, 0.25) is 5.95 Å². The smallest absolute Gasteiger partial charge is 0.207 e. The Morgan fingerprint density at radius 2 is 1.67 bits per heavy atom. The second kappa shape index (κ2) is 6.27. The van der Waals surface area contributed by atoms with E-state index in [9.17, 15) is 0 Å². The zero-order valence-corrected chi connectivity index (χ0v) is 12.1.